The molecule has 2 amide bonds. The van der Waals surface area contributed by atoms with Crippen LogP contribution in [0.3, 0.4) is 0 Å². The number of nitrogens with zero attached hydrogens (tertiary/aromatic N) is 2. The summed E-state index contributed by atoms with van der Waals surface area (Å²) in [5, 5.41) is 0. The van der Waals surface area contributed by atoms with Gasteiger partial charge >= 0.3 is 6.09 Å². The van der Waals surface area contributed by atoms with Crippen LogP contribution in [0.5, 0.6) is 0 Å². The average Bonchev–Trinajstić information content (AvgIpc) is 3.22. The van der Waals surface area contributed by atoms with E-state index in [-0.39, 0.29) is 24.2 Å². The van der Waals surface area contributed by atoms with E-state index in [0.29, 0.717) is 57.4 Å². The summed E-state index contributed by atoms with van der Waals surface area (Å²) in [6.45, 7) is 4.31. The molecule has 0 aromatic heterocycles. The normalized spacial score (nSPS) is 21.6. The molecule has 0 unspecified atom stereocenters. The molecule has 2 fully saturated rings. The molecule has 28 heavy (non-hydrogen) atoms. The molecule has 3 aliphatic rings. The number of amides is 2. The molecule has 2 heterocycles. The van der Waals surface area contributed by atoms with Crippen LogP contribution in [0.2, 0.25) is 0 Å². The van der Waals surface area contributed by atoms with Crippen LogP contribution in [-0.4, -0.2) is 59.4 Å². The Balaban J connectivity index is 1.42. The zero-order chi connectivity index (χ0) is 19.7. The largest absolute Gasteiger partial charge is 0.441 e. The van der Waals surface area contributed by atoms with Crippen molar-refractivity contribution in [1.82, 2.24) is 9.80 Å². The first kappa shape index (κ1) is 18.7. The molecule has 1 aliphatic carbocycles. The second-order valence-corrected chi connectivity index (χ2v) is 7.87. The number of carbonyl (C=O) groups excluding carboxylic acids is 3. The zero-order valence-electron chi connectivity index (χ0n) is 16.3. The van der Waals surface area contributed by atoms with E-state index in [9.17, 15) is 14.4 Å². The molecule has 0 atom stereocenters. The first-order valence-electron chi connectivity index (χ1n) is 10.1. The number of carbonyl (C=O) groups is 3. The van der Waals surface area contributed by atoms with Crippen molar-refractivity contribution in [3.8, 4) is 0 Å². The maximum atomic E-state index is 12.9. The summed E-state index contributed by atoms with van der Waals surface area (Å²) in [5.41, 5.74) is 2.25. The molecule has 1 aromatic rings. The summed E-state index contributed by atoms with van der Waals surface area (Å²) < 4.78 is 5.63. The van der Waals surface area contributed by atoms with Gasteiger partial charge in [0.15, 0.2) is 5.78 Å². The number of allylic oxidation sites excluding steroid dienone is 1. The number of likely N-dealkylation sites (tertiary alicyclic amines) is 1. The SMILES string of the molecule is CCN1CC2(CCN(C(=O)CC3=C(c4ccccc4)CCC3=O)CC2)OC1=O. The number of benzene rings is 1. The third kappa shape index (κ3) is 3.43. The lowest BCUT2D eigenvalue weighted by atomic mass is 9.91. The van der Waals surface area contributed by atoms with Crippen LogP contribution in [0.25, 0.3) is 5.57 Å². The van der Waals surface area contributed by atoms with Crippen molar-refractivity contribution in [3.05, 3.63) is 41.5 Å². The highest BCUT2D eigenvalue weighted by Gasteiger charge is 2.47. The van der Waals surface area contributed by atoms with E-state index < -0.39 is 5.60 Å². The molecule has 2 saturated heterocycles. The Bertz CT molecular complexity index is 822. The Morgan fingerprint density at radius 3 is 2.46 bits per heavy atom. The quantitative estimate of drug-likeness (QED) is 0.803. The lowest BCUT2D eigenvalue weighted by molar-refractivity contribution is -0.134. The van der Waals surface area contributed by atoms with E-state index in [2.05, 4.69) is 0 Å². The number of ether oxygens (including phenoxy) is 1. The molecule has 148 valence electrons. The molecular formula is C22H26N2O4. The summed E-state index contributed by atoms with van der Waals surface area (Å²) >= 11 is 0. The Morgan fingerprint density at radius 1 is 1.11 bits per heavy atom. The third-order valence-electron chi connectivity index (χ3n) is 6.20. The highest BCUT2D eigenvalue weighted by molar-refractivity contribution is 6.10. The van der Waals surface area contributed by atoms with Gasteiger partial charge in [-0.05, 0) is 24.5 Å². The fourth-order valence-corrected chi connectivity index (χ4v) is 4.49. The Kier molecular flexibility index (Phi) is 4.96. The lowest BCUT2D eigenvalue weighted by Gasteiger charge is -2.37. The van der Waals surface area contributed by atoms with E-state index in [1.54, 1.807) is 4.90 Å². The average molecular weight is 382 g/mol. The zero-order valence-corrected chi connectivity index (χ0v) is 16.3. The Hall–Kier alpha value is -2.63. The van der Waals surface area contributed by atoms with E-state index in [1.807, 2.05) is 42.2 Å². The van der Waals surface area contributed by atoms with Crippen LogP contribution in [0, 0.1) is 0 Å². The number of ketones is 1. The molecule has 6 nitrogen and oxygen atoms in total. The van der Waals surface area contributed by atoms with Gasteiger partial charge in [0.05, 0.1) is 13.0 Å². The molecular weight excluding hydrogens is 356 g/mol. The van der Waals surface area contributed by atoms with E-state index in [0.717, 1.165) is 11.1 Å². The van der Waals surface area contributed by atoms with Gasteiger partial charge in [0.25, 0.3) is 0 Å². The van der Waals surface area contributed by atoms with Gasteiger partial charge in [0.2, 0.25) is 5.91 Å². The third-order valence-corrected chi connectivity index (χ3v) is 6.20. The number of hydrogen-bond acceptors (Lipinski definition) is 4. The molecule has 0 radical (unpaired) electrons. The molecule has 1 spiro atoms. The second-order valence-electron chi connectivity index (χ2n) is 7.87. The maximum absolute atomic E-state index is 12.9. The highest BCUT2D eigenvalue weighted by Crippen LogP contribution is 2.36. The molecule has 6 heteroatoms. The van der Waals surface area contributed by atoms with Crippen molar-refractivity contribution in [2.45, 2.75) is 44.6 Å². The summed E-state index contributed by atoms with van der Waals surface area (Å²) in [5.74, 6) is 0.0780. The molecule has 4 rings (SSSR count). The van der Waals surface area contributed by atoms with Gasteiger partial charge in [-0.1, -0.05) is 30.3 Å². The van der Waals surface area contributed by atoms with Crippen LogP contribution in [0.4, 0.5) is 4.79 Å². The van der Waals surface area contributed by atoms with Crippen molar-refractivity contribution in [2.75, 3.05) is 26.2 Å². The predicted octanol–water partition coefficient (Wildman–Crippen LogP) is 3.03. The van der Waals surface area contributed by atoms with Gasteiger partial charge in [0.1, 0.15) is 5.60 Å². The first-order chi connectivity index (χ1) is 13.5. The lowest BCUT2D eigenvalue weighted by Crippen LogP contribution is -2.48. The molecule has 1 aromatic carbocycles. The molecule has 0 bridgehead atoms. The Labute approximate surface area is 165 Å². The number of hydrogen-bond donors (Lipinski definition) is 0. The van der Waals surface area contributed by atoms with Gasteiger partial charge in [-0.25, -0.2) is 4.79 Å². The van der Waals surface area contributed by atoms with Gasteiger partial charge in [-0.3, -0.25) is 9.59 Å². The monoisotopic (exact) mass is 382 g/mol. The molecule has 0 N–H and O–H groups in total. The Morgan fingerprint density at radius 2 is 1.82 bits per heavy atom. The number of likely N-dealkylation sites (N-methyl/N-ethyl adjacent to an activating group) is 1. The van der Waals surface area contributed by atoms with Crippen molar-refractivity contribution in [1.29, 1.82) is 0 Å². The van der Waals surface area contributed by atoms with Gasteiger partial charge in [-0.2, -0.15) is 0 Å². The van der Waals surface area contributed by atoms with Gasteiger partial charge < -0.3 is 14.5 Å². The van der Waals surface area contributed by atoms with Crippen LogP contribution in [-0.2, 0) is 14.3 Å². The fourth-order valence-electron chi connectivity index (χ4n) is 4.49. The van der Waals surface area contributed by atoms with Crippen LogP contribution >= 0.6 is 0 Å². The maximum Gasteiger partial charge on any atom is 0.410 e. The van der Waals surface area contributed by atoms with Crippen molar-refractivity contribution < 1.29 is 19.1 Å². The molecule has 0 saturated carbocycles. The summed E-state index contributed by atoms with van der Waals surface area (Å²) in [6.07, 6.45) is 2.41. The minimum absolute atomic E-state index is 0.00907. The second kappa shape index (κ2) is 7.41. The van der Waals surface area contributed by atoms with Crippen molar-refractivity contribution in [2.24, 2.45) is 0 Å². The van der Waals surface area contributed by atoms with Crippen molar-refractivity contribution in [3.63, 3.8) is 0 Å². The van der Waals surface area contributed by atoms with Gasteiger partial charge in [0, 0.05) is 44.5 Å². The van der Waals surface area contributed by atoms with Crippen LogP contribution in [0.1, 0.15) is 44.6 Å². The summed E-state index contributed by atoms with van der Waals surface area (Å²) in [7, 11) is 0. The van der Waals surface area contributed by atoms with E-state index >= 15 is 0 Å². The number of piperidine rings is 1. The number of Topliss-reactive ketones (excluding diaryl/α,β-unsaturated/α-hetero) is 1. The summed E-state index contributed by atoms with van der Waals surface area (Å²) in [6, 6.07) is 9.85. The smallest absolute Gasteiger partial charge is 0.410 e. The predicted molar refractivity (Wildman–Crippen MR) is 104 cm³/mol. The van der Waals surface area contributed by atoms with Crippen LogP contribution < -0.4 is 0 Å². The van der Waals surface area contributed by atoms with E-state index in [4.69, 9.17) is 4.74 Å². The number of rotatable bonds is 4. The van der Waals surface area contributed by atoms with Crippen molar-refractivity contribution >= 4 is 23.4 Å². The van der Waals surface area contributed by atoms with Gasteiger partial charge in [-0.15, -0.1) is 0 Å². The highest BCUT2D eigenvalue weighted by atomic mass is 16.6. The standard InChI is InChI=1S/C22H26N2O4/c1-2-23-15-22(28-21(23)27)10-12-24(13-11-22)20(26)14-18-17(8-9-19(18)25)16-6-4-3-5-7-16/h3-7H,2,8-15H2,1H3. The topological polar surface area (TPSA) is 66.9 Å². The minimum Gasteiger partial charge on any atom is -0.441 e. The minimum atomic E-state index is -0.457. The van der Waals surface area contributed by atoms with E-state index in [1.165, 1.54) is 0 Å². The fraction of sp³-hybridized carbons (Fsp3) is 0.500. The van der Waals surface area contributed by atoms with Crippen LogP contribution in [0.15, 0.2) is 35.9 Å². The molecule has 2 aliphatic heterocycles. The first-order valence-corrected chi connectivity index (χ1v) is 10.1. The summed E-state index contributed by atoms with van der Waals surface area (Å²) in [4.78, 5) is 40.7.